The maximum Gasteiger partial charge on any atom is 0.340 e. The van der Waals surface area contributed by atoms with Crippen molar-refractivity contribution in [2.24, 2.45) is 0 Å². The predicted molar refractivity (Wildman–Crippen MR) is 117 cm³/mol. The molecule has 1 heterocycles. The molecule has 3 rings (SSSR count). The second-order valence-corrected chi connectivity index (χ2v) is 6.84. The number of carbonyl (C=O) groups is 3. The van der Waals surface area contributed by atoms with Crippen LogP contribution in [-0.4, -0.2) is 37.1 Å². The van der Waals surface area contributed by atoms with Gasteiger partial charge in [0.1, 0.15) is 5.76 Å². The first-order valence-electron chi connectivity index (χ1n) is 10.1. The minimum Gasteiger partial charge on any atom is -0.464 e. The molecule has 0 bridgehead atoms. The van der Waals surface area contributed by atoms with Crippen molar-refractivity contribution >= 4 is 28.8 Å². The summed E-state index contributed by atoms with van der Waals surface area (Å²) in [7, 11) is 0. The Morgan fingerprint density at radius 2 is 1.56 bits per heavy atom. The molecule has 0 saturated heterocycles. The zero-order valence-electron chi connectivity index (χ0n) is 18.0. The van der Waals surface area contributed by atoms with Crippen LogP contribution in [0.5, 0.6) is 0 Å². The van der Waals surface area contributed by atoms with E-state index in [-0.39, 0.29) is 35.2 Å². The zero-order chi connectivity index (χ0) is 23.3. The summed E-state index contributed by atoms with van der Waals surface area (Å²) in [6.45, 7) is 4.85. The Kier molecular flexibility index (Phi) is 7.04. The molecule has 166 valence electrons. The van der Waals surface area contributed by atoms with Crippen LogP contribution >= 0.6 is 0 Å². The van der Waals surface area contributed by atoms with Gasteiger partial charge in [0.2, 0.25) is 6.04 Å². The summed E-state index contributed by atoms with van der Waals surface area (Å²) in [4.78, 5) is 50.4. The summed E-state index contributed by atoms with van der Waals surface area (Å²) in [5, 5.41) is 2.54. The van der Waals surface area contributed by atoms with Crippen molar-refractivity contribution in [1.82, 2.24) is 5.32 Å². The fraction of sp³-hybridized carbons (Fsp3) is 0.250. The molecule has 32 heavy (non-hydrogen) atoms. The Morgan fingerprint density at radius 3 is 2.16 bits per heavy atom. The molecule has 0 aliphatic rings. The Bertz CT molecular complexity index is 1200. The Morgan fingerprint density at radius 1 is 0.938 bits per heavy atom. The topological polar surface area (TPSA) is 112 Å². The third-order valence-electron chi connectivity index (χ3n) is 4.75. The number of hydrogen-bond acceptors (Lipinski definition) is 7. The van der Waals surface area contributed by atoms with Crippen molar-refractivity contribution in [2.75, 3.05) is 13.2 Å². The first-order chi connectivity index (χ1) is 15.4. The highest BCUT2D eigenvalue weighted by molar-refractivity contribution is 6.10. The number of hydrogen-bond donors (Lipinski definition) is 1. The Labute approximate surface area is 184 Å². The number of nitrogens with one attached hydrogen (secondary N) is 1. The third kappa shape index (κ3) is 4.54. The lowest BCUT2D eigenvalue weighted by atomic mass is 10.0. The second kappa shape index (κ2) is 9.91. The minimum atomic E-state index is -1.65. The van der Waals surface area contributed by atoms with E-state index in [2.05, 4.69) is 5.32 Å². The SMILES string of the molecule is CCOC(=O)C(NC(=O)c1cccc2c(=O)c(C)c(-c3ccccc3)oc12)C(=O)OCC. The Hall–Kier alpha value is -3.94. The van der Waals surface area contributed by atoms with Crippen molar-refractivity contribution < 1.29 is 28.3 Å². The van der Waals surface area contributed by atoms with Crippen LogP contribution in [0.15, 0.2) is 57.7 Å². The molecule has 0 spiro atoms. The van der Waals surface area contributed by atoms with E-state index in [1.807, 2.05) is 6.07 Å². The Balaban J connectivity index is 2.08. The van der Waals surface area contributed by atoms with Crippen LogP contribution in [0.2, 0.25) is 0 Å². The average molecular weight is 437 g/mol. The van der Waals surface area contributed by atoms with Gasteiger partial charge in [-0.2, -0.15) is 0 Å². The molecule has 0 aliphatic heterocycles. The number of para-hydroxylation sites is 1. The summed E-state index contributed by atoms with van der Waals surface area (Å²) in [5.41, 5.74) is 0.834. The molecule has 0 radical (unpaired) electrons. The van der Waals surface area contributed by atoms with Gasteiger partial charge >= 0.3 is 11.9 Å². The number of amides is 1. The van der Waals surface area contributed by atoms with Crippen molar-refractivity contribution in [1.29, 1.82) is 0 Å². The van der Waals surface area contributed by atoms with Crippen LogP contribution in [0.3, 0.4) is 0 Å². The van der Waals surface area contributed by atoms with E-state index in [9.17, 15) is 19.2 Å². The van der Waals surface area contributed by atoms with Crippen molar-refractivity contribution in [3.05, 3.63) is 69.9 Å². The van der Waals surface area contributed by atoms with Crippen LogP contribution in [-0.2, 0) is 19.1 Å². The quantitative estimate of drug-likeness (QED) is 0.447. The fourth-order valence-corrected chi connectivity index (χ4v) is 3.23. The van der Waals surface area contributed by atoms with Crippen LogP contribution in [0.1, 0.15) is 29.8 Å². The molecule has 2 aromatic carbocycles. The predicted octanol–water partition coefficient (Wildman–Crippen LogP) is 2.99. The summed E-state index contributed by atoms with van der Waals surface area (Å²) in [5.74, 6) is -2.34. The van der Waals surface area contributed by atoms with Crippen LogP contribution < -0.4 is 10.7 Å². The van der Waals surface area contributed by atoms with E-state index in [0.29, 0.717) is 16.9 Å². The lowest BCUT2D eigenvalue weighted by molar-refractivity contribution is -0.157. The van der Waals surface area contributed by atoms with Crippen LogP contribution in [0.4, 0.5) is 0 Å². The molecule has 0 saturated carbocycles. The van der Waals surface area contributed by atoms with Gasteiger partial charge in [-0.05, 0) is 32.9 Å². The van der Waals surface area contributed by atoms with Crippen molar-refractivity contribution in [3.63, 3.8) is 0 Å². The van der Waals surface area contributed by atoms with E-state index < -0.39 is 23.9 Å². The van der Waals surface area contributed by atoms with Gasteiger partial charge in [-0.15, -0.1) is 0 Å². The van der Waals surface area contributed by atoms with Crippen molar-refractivity contribution in [3.8, 4) is 11.3 Å². The number of fused-ring (bicyclic) bond motifs is 1. The second-order valence-electron chi connectivity index (χ2n) is 6.84. The van der Waals surface area contributed by atoms with Crippen LogP contribution in [0.25, 0.3) is 22.3 Å². The van der Waals surface area contributed by atoms with Gasteiger partial charge in [-0.25, -0.2) is 9.59 Å². The highest BCUT2D eigenvalue weighted by Crippen LogP contribution is 2.27. The van der Waals surface area contributed by atoms with E-state index >= 15 is 0 Å². The van der Waals surface area contributed by atoms with Gasteiger partial charge in [0, 0.05) is 11.1 Å². The number of rotatable bonds is 7. The monoisotopic (exact) mass is 437 g/mol. The summed E-state index contributed by atoms with van der Waals surface area (Å²) < 4.78 is 15.8. The standard InChI is InChI=1S/C24H23NO7/c1-4-30-23(28)18(24(29)31-5-2)25-22(27)17-13-9-12-16-19(26)14(3)20(32-21(16)17)15-10-7-6-8-11-15/h6-13,18H,4-5H2,1-3H3,(H,25,27). The maximum absolute atomic E-state index is 13.0. The number of carbonyl (C=O) groups excluding carboxylic acids is 3. The smallest absolute Gasteiger partial charge is 0.340 e. The molecule has 1 aromatic heterocycles. The minimum absolute atomic E-state index is 0.00428. The molecule has 0 atom stereocenters. The van der Waals surface area contributed by atoms with Gasteiger partial charge in [-0.3, -0.25) is 9.59 Å². The van der Waals surface area contributed by atoms with Gasteiger partial charge in [0.05, 0.1) is 24.2 Å². The molecule has 3 aromatic rings. The average Bonchev–Trinajstić information content (AvgIpc) is 2.80. The highest BCUT2D eigenvalue weighted by atomic mass is 16.6. The van der Waals surface area contributed by atoms with E-state index in [0.717, 1.165) is 0 Å². The molecule has 0 fully saturated rings. The van der Waals surface area contributed by atoms with Crippen LogP contribution in [0, 0.1) is 6.92 Å². The number of ether oxygens (including phenoxy) is 2. The molecule has 1 N–H and O–H groups in total. The summed E-state index contributed by atoms with van der Waals surface area (Å²) in [6, 6.07) is 11.9. The first kappa shape index (κ1) is 22.7. The van der Waals surface area contributed by atoms with E-state index in [1.54, 1.807) is 51.1 Å². The molecular formula is C24H23NO7. The first-order valence-corrected chi connectivity index (χ1v) is 10.1. The molecule has 0 unspecified atom stereocenters. The fourth-order valence-electron chi connectivity index (χ4n) is 3.23. The van der Waals surface area contributed by atoms with Gasteiger partial charge in [0.15, 0.2) is 11.0 Å². The van der Waals surface area contributed by atoms with Gasteiger partial charge in [-0.1, -0.05) is 36.4 Å². The summed E-state index contributed by atoms with van der Waals surface area (Å²) >= 11 is 0. The third-order valence-corrected chi connectivity index (χ3v) is 4.75. The number of esters is 2. The largest absolute Gasteiger partial charge is 0.464 e. The van der Waals surface area contributed by atoms with Gasteiger partial charge < -0.3 is 19.2 Å². The van der Waals surface area contributed by atoms with Crippen molar-refractivity contribution in [2.45, 2.75) is 26.8 Å². The van der Waals surface area contributed by atoms with Gasteiger partial charge in [0.25, 0.3) is 5.91 Å². The normalized spacial score (nSPS) is 10.8. The highest BCUT2D eigenvalue weighted by Gasteiger charge is 2.32. The lowest BCUT2D eigenvalue weighted by Gasteiger charge is -2.16. The maximum atomic E-state index is 13.0. The molecule has 1 amide bonds. The molecular weight excluding hydrogens is 414 g/mol. The molecule has 0 aliphatic carbocycles. The summed E-state index contributed by atoms with van der Waals surface area (Å²) in [6.07, 6.45) is 0. The molecule has 8 nitrogen and oxygen atoms in total. The van der Waals surface area contributed by atoms with E-state index in [4.69, 9.17) is 13.9 Å². The lowest BCUT2D eigenvalue weighted by Crippen LogP contribution is -2.48. The van der Waals surface area contributed by atoms with E-state index in [1.165, 1.54) is 12.1 Å². The molecule has 8 heteroatoms. The number of benzene rings is 2. The zero-order valence-corrected chi connectivity index (χ0v) is 18.0.